The van der Waals surface area contributed by atoms with Gasteiger partial charge in [0.25, 0.3) is 0 Å². The van der Waals surface area contributed by atoms with Gasteiger partial charge in [-0.2, -0.15) is 15.4 Å². The standard InChI is InChI=1S/C47H56N6O14P2/c1-31(2)43(54)63-40-39(37-23-24-38-42(49)50-30-51-53(37)38)65-47(27-48,41(40)64-44(55)32(3)4)29-62-68(57,66-36-21-15-10-16-22-36)52-33(5)45(56)59-28-46(6,7)67-69(58,60-25-34-17-11-8-12-18-34)61-26-35-19-13-9-14-20-35/h8-24,30-33,39-41H,25-26,28-29H2,1-7H3,(H,52,57)(H2,49,50,51)/t33?,39-,40-,41-,47+,68?/m0/s1. The number of fused-ring (bicyclic) bond motifs is 1. The van der Waals surface area contributed by atoms with Gasteiger partial charge in [0.05, 0.1) is 30.7 Å². The van der Waals surface area contributed by atoms with Crippen LogP contribution < -0.4 is 15.3 Å². The van der Waals surface area contributed by atoms with Gasteiger partial charge in [0, 0.05) is 0 Å². The zero-order valence-corrected chi connectivity index (χ0v) is 40.9. The van der Waals surface area contributed by atoms with Gasteiger partial charge in [0.1, 0.15) is 54.6 Å². The van der Waals surface area contributed by atoms with Crippen LogP contribution in [0.4, 0.5) is 5.82 Å². The van der Waals surface area contributed by atoms with Crippen molar-refractivity contribution in [1.29, 1.82) is 5.26 Å². The number of hydrogen-bond donors (Lipinski definition) is 2. The Hall–Kier alpha value is -6.00. The zero-order valence-electron chi connectivity index (χ0n) is 39.2. The third kappa shape index (κ3) is 13.6. The first kappa shape index (κ1) is 52.4. The first-order chi connectivity index (χ1) is 32.7. The molecule has 3 aromatic carbocycles. The molecule has 1 fully saturated rings. The molecule has 20 nitrogen and oxygen atoms in total. The van der Waals surface area contributed by atoms with E-state index in [1.807, 2.05) is 18.2 Å². The van der Waals surface area contributed by atoms with Gasteiger partial charge in [0.2, 0.25) is 5.60 Å². The van der Waals surface area contributed by atoms with E-state index in [0.717, 1.165) is 0 Å². The Balaban J connectivity index is 1.24. The first-order valence-electron chi connectivity index (χ1n) is 21.9. The Morgan fingerprint density at radius 3 is 1.96 bits per heavy atom. The van der Waals surface area contributed by atoms with Crippen molar-refractivity contribution >= 4 is 44.8 Å². The van der Waals surface area contributed by atoms with Crippen LogP contribution in [0.15, 0.2) is 109 Å². The Kier molecular flexibility index (Phi) is 17.2. The van der Waals surface area contributed by atoms with Crippen LogP contribution >= 0.6 is 15.6 Å². The second-order valence-corrected chi connectivity index (χ2v) is 20.5. The van der Waals surface area contributed by atoms with Crippen molar-refractivity contribution in [3.63, 3.8) is 0 Å². The van der Waals surface area contributed by atoms with E-state index in [0.29, 0.717) is 16.6 Å². The summed E-state index contributed by atoms with van der Waals surface area (Å²) in [4.78, 5) is 44.4. The molecule has 6 rings (SSSR count). The number of hydrogen-bond acceptors (Lipinski definition) is 18. The maximum atomic E-state index is 14.9. The maximum Gasteiger partial charge on any atom is 0.476 e. The van der Waals surface area contributed by atoms with Gasteiger partial charge in [-0.1, -0.05) is 107 Å². The molecule has 5 aromatic rings. The largest absolute Gasteiger partial charge is 0.476 e. The van der Waals surface area contributed by atoms with E-state index in [4.69, 9.17) is 47.3 Å². The lowest BCUT2D eigenvalue weighted by Crippen LogP contribution is -2.50. The van der Waals surface area contributed by atoms with E-state index < -0.39 is 94.1 Å². The molecular formula is C47H56N6O14P2. The Labute approximate surface area is 399 Å². The van der Waals surface area contributed by atoms with Gasteiger partial charge in [0.15, 0.2) is 18.0 Å². The maximum absolute atomic E-state index is 14.9. The fourth-order valence-corrected chi connectivity index (χ4v) is 9.66. The number of nitrogens with two attached hydrogens (primary N) is 1. The molecule has 3 N–H and O–H groups in total. The summed E-state index contributed by atoms with van der Waals surface area (Å²) >= 11 is 0. The topological polar surface area (TPSA) is 260 Å². The lowest BCUT2D eigenvalue weighted by Gasteiger charge is -2.31. The monoisotopic (exact) mass is 990 g/mol. The van der Waals surface area contributed by atoms with Crippen LogP contribution in [0, 0.1) is 23.2 Å². The number of rotatable bonds is 23. The second kappa shape index (κ2) is 22.6. The second-order valence-electron chi connectivity index (χ2n) is 17.3. The highest BCUT2D eigenvalue weighted by molar-refractivity contribution is 7.52. The minimum absolute atomic E-state index is 0.0323. The number of nitrogen functional groups attached to an aromatic ring is 1. The van der Waals surface area contributed by atoms with E-state index in [-0.39, 0.29) is 30.5 Å². The van der Waals surface area contributed by atoms with Crippen molar-refractivity contribution < 1.29 is 65.1 Å². The summed E-state index contributed by atoms with van der Waals surface area (Å²) in [5.74, 6) is -3.73. The predicted octanol–water partition coefficient (Wildman–Crippen LogP) is 7.84. The van der Waals surface area contributed by atoms with Gasteiger partial charge in [-0.3, -0.25) is 32.5 Å². The molecule has 2 unspecified atom stereocenters. The summed E-state index contributed by atoms with van der Waals surface area (Å²) < 4.78 is 83.7. The highest BCUT2D eigenvalue weighted by atomic mass is 31.2. The molecule has 368 valence electrons. The van der Waals surface area contributed by atoms with Gasteiger partial charge >= 0.3 is 33.5 Å². The van der Waals surface area contributed by atoms with Crippen LogP contribution in [0.3, 0.4) is 0 Å². The molecule has 0 aliphatic carbocycles. The molecule has 69 heavy (non-hydrogen) atoms. The van der Waals surface area contributed by atoms with Crippen molar-refractivity contribution in [2.45, 2.75) is 97.2 Å². The van der Waals surface area contributed by atoms with Crippen LogP contribution in [-0.2, 0) is 73.8 Å². The summed E-state index contributed by atoms with van der Waals surface area (Å²) in [6.45, 7) is 8.98. The molecule has 1 aliphatic heterocycles. The number of nitrogens with zero attached hydrogens (tertiary/aromatic N) is 4. The number of carbonyl (C=O) groups is 3. The number of esters is 3. The molecule has 2 aromatic heterocycles. The smallest absolute Gasteiger partial charge is 0.461 e. The highest BCUT2D eigenvalue weighted by Crippen LogP contribution is 2.54. The molecule has 0 spiro atoms. The van der Waals surface area contributed by atoms with Crippen LogP contribution in [0.25, 0.3) is 5.52 Å². The molecule has 3 heterocycles. The minimum atomic E-state index is -4.79. The SMILES string of the molecule is CC(C)C(=O)O[C@H]1[C@H](c2ccc3c(N)ncnn23)O[C@](C#N)(COP(=O)(NC(C)C(=O)OCC(C)(C)OP(=O)(OCc2ccccc2)OCc2ccccc2)Oc2ccccc2)[C@H]1OC(=O)C(C)C. The molecule has 0 saturated carbocycles. The number of phosphoric acid groups is 1. The van der Waals surface area contributed by atoms with Gasteiger partial charge in [-0.15, -0.1) is 0 Å². The van der Waals surface area contributed by atoms with E-state index >= 15 is 0 Å². The first-order valence-corrected chi connectivity index (χ1v) is 24.9. The minimum Gasteiger partial charge on any atom is -0.461 e. The summed E-state index contributed by atoms with van der Waals surface area (Å²) in [6, 6.07) is 29.5. The van der Waals surface area contributed by atoms with Crippen molar-refractivity contribution in [3.05, 3.63) is 126 Å². The number of carbonyl (C=O) groups excluding carboxylic acids is 3. The third-order valence-corrected chi connectivity index (χ3v) is 13.6. The number of aromatic nitrogens is 3. The number of ether oxygens (including phenoxy) is 4. The lowest BCUT2D eigenvalue weighted by molar-refractivity contribution is -0.173. The summed E-state index contributed by atoms with van der Waals surface area (Å²) in [5.41, 5.74) is 4.28. The Morgan fingerprint density at radius 1 is 0.826 bits per heavy atom. The van der Waals surface area contributed by atoms with Crippen molar-refractivity contribution in [2.75, 3.05) is 18.9 Å². The van der Waals surface area contributed by atoms with E-state index in [9.17, 15) is 28.8 Å². The Morgan fingerprint density at radius 2 is 1.39 bits per heavy atom. The third-order valence-electron chi connectivity index (χ3n) is 10.3. The van der Waals surface area contributed by atoms with E-state index in [2.05, 4.69) is 15.2 Å². The number of para-hydroxylation sites is 1. The predicted molar refractivity (Wildman–Crippen MR) is 248 cm³/mol. The van der Waals surface area contributed by atoms with Gasteiger partial charge in [-0.25, -0.2) is 18.6 Å². The van der Waals surface area contributed by atoms with Crippen molar-refractivity contribution in [1.82, 2.24) is 19.7 Å². The van der Waals surface area contributed by atoms with Crippen LogP contribution in [0.5, 0.6) is 5.75 Å². The number of phosphoric ester groups is 1. The molecule has 6 atom stereocenters. The average Bonchev–Trinajstić information content (AvgIpc) is 3.89. The van der Waals surface area contributed by atoms with E-state index in [1.54, 1.807) is 107 Å². The van der Waals surface area contributed by atoms with Crippen LogP contribution in [0.2, 0.25) is 0 Å². The summed E-state index contributed by atoms with van der Waals surface area (Å²) in [5, 5.41) is 17.9. The zero-order chi connectivity index (χ0) is 50.0. The molecule has 0 radical (unpaired) electrons. The molecule has 1 saturated heterocycles. The highest BCUT2D eigenvalue weighted by Gasteiger charge is 2.62. The molecular weight excluding hydrogens is 934 g/mol. The molecule has 22 heteroatoms. The normalized spacial score (nSPS) is 19.7. The fraction of sp³-hybridized carbons (Fsp3) is 0.404. The fourth-order valence-electron chi connectivity index (χ4n) is 6.68. The number of benzene rings is 3. The molecule has 1 aliphatic rings. The lowest BCUT2D eigenvalue weighted by atomic mass is 9.95. The quantitative estimate of drug-likeness (QED) is 0.0358. The number of nitrogens with one attached hydrogen (secondary N) is 1. The number of nitriles is 1. The molecule has 0 amide bonds. The van der Waals surface area contributed by atoms with E-state index in [1.165, 1.54) is 43.7 Å². The van der Waals surface area contributed by atoms with Gasteiger partial charge in [-0.05, 0) is 56.2 Å². The van der Waals surface area contributed by atoms with Crippen molar-refractivity contribution in [2.24, 2.45) is 11.8 Å². The number of anilines is 1. The Bertz CT molecular complexity index is 2640. The van der Waals surface area contributed by atoms with Gasteiger partial charge < -0.3 is 29.2 Å². The van der Waals surface area contributed by atoms with Crippen LogP contribution in [-0.4, -0.2) is 75.2 Å². The van der Waals surface area contributed by atoms with Crippen molar-refractivity contribution in [3.8, 4) is 11.8 Å². The average molecular weight is 991 g/mol. The summed E-state index contributed by atoms with van der Waals surface area (Å²) in [7, 11) is -9.12. The summed E-state index contributed by atoms with van der Waals surface area (Å²) in [6.07, 6.45) is -3.36. The molecule has 0 bridgehead atoms. The van der Waals surface area contributed by atoms with Crippen LogP contribution in [0.1, 0.15) is 71.4 Å².